The van der Waals surface area contributed by atoms with Crippen molar-refractivity contribution < 1.29 is 19.1 Å². The van der Waals surface area contributed by atoms with Gasteiger partial charge in [0.05, 0.1) is 11.9 Å². The predicted molar refractivity (Wildman–Crippen MR) is 103 cm³/mol. The summed E-state index contributed by atoms with van der Waals surface area (Å²) in [5, 5.41) is 12.7. The second kappa shape index (κ2) is 8.00. The van der Waals surface area contributed by atoms with E-state index in [0.29, 0.717) is 21.5 Å². The third-order valence-corrected chi connectivity index (χ3v) is 4.52. The first-order valence-electron chi connectivity index (χ1n) is 8.04. The molecule has 0 saturated heterocycles. The number of fused-ring (bicyclic) bond motifs is 1. The average Bonchev–Trinajstić information content (AvgIpc) is 2.62. The summed E-state index contributed by atoms with van der Waals surface area (Å²) in [4.78, 5) is 37.7. The lowest BCUT2D eigenvalue weighted by molar-refractivity contribution is -0.120. The van der Waals surface area contributed by atoms with Crippen molar-refractivity contribution in [2.45, 2.75) is 13.0 Å². The molecule has 3 N–H and O–H groups in total. The van der Waals surface area contributed by atoms with E-state index in [1.807, 2.05) is 0 Å². The summed E-state index contributed by atoms with van der Waals surface area (Å²) in [6, 6.07) is 8.31. The number of carbonyl (C=O) groups excluding carboxylic acids is 1. The van der Waals surface area contributed by atoms with Crippen molar-refractivity contribution in [1.29, 1.82) is 0 Å². The molecule has 0 aliphatic rings. The zero-order chi connectivity index (χ0) is 20.4. The Kier molecular flexibility index (Phi) is 5.67. The summed E-state index contributed by atoms with van der Waals surface area (Å²) in [5.74, 6) is -2.39. The van der Waals surface area contributed by atoms with Gasteiger partial charge in [0, 0.05) is 22.0 Å². The third-order valence-electron chi connectivity index (χ3n) is 4.07. The summed E-state index contributed by atoms with van der Waals surface area (Å²) in [6.07, 6.45) is -0.193. The Morgan fingerprint density at radius 2 is 1.82 bits per heavy atom. The summed E-state index contributed by atoms with van der Waals surface area (Å²) in [6.45, 7) is 0.00740. The minimum Gasteiger partial charge on any atom is -0.477 e. The van der Waals surface area contributed by atoms with Crippen LogP contribution in [0.1, 0.15) is 21.5 Å². The molecule has 0 aliphatic carbocycles. The molecular formula is C19H13Cl2FN2O4. The number of carboxylic acids is 1. The number of nitrogens with one attached hydrogen (secondary N) is 2. The molecule has 28 heavy (non-hydrogen) atoms. The van der Waals surface area contributed by atoms with E-state index in [1.54, 1.807) is 6.07 Å². The topological polar surface area (TPSA) is 99.3 Å². The van der Waals surface area contributed by atoms with Crippen molar-refractivity contribution in [2.75, 3.05) is 0 Å². The van der Waals surface area contributed by atoms with Crippen LogP contribution in [0.15, 0.2) is 41.2 Å². The monoisotopic (exact) mass is 422 g/mol. The van der Waals surface area contributed by atoms with Crippen molar-refractivity contribution in [1.82, 2.24) is 10.3 Å². The minimum atomic E-state index is -1.36. The maximum absolute atomic E-state index is 13.8. The van der Waals surface area contributed by atoms with E-state index >= 15 is 0 Å². The van der Waals surface area contributed by atoms with Crippen LogP contribution >= 0.6 is 23.2 Å². The Morgan fingerprint density at radius 3 is 2.50 bits per heavy atom. The standard InChI is InChI=1S/C19H13Cl2FN2O4/c20-12-2-1-9(15(22)7-12)6-16(25)23-8-11-4-13(21)3-10-5-14(19(27)28)18(26)24-17(10)11/h1-5,7H,6,8H2,(H,23,25)(H,24,26)(H,27,28). The van der Waals surface area contributed by atoms with E-state index in [4.69, 9.17) is 28.3 Å². The zero-order valence-corrected chi connectivity index (χ0v) is 15.7. The first-order chi connectivity index (χ1) is 13.2. The number of aromatic amines is 1. The van der Waals surface area contributed by atoms with Gasteiger partial charge in [0.15, 0.2) is 0 Å². The highest BCUT2D eigenvalue weighted by Crippen LogP contribution is 2.22. The molecule has 0 unspecified atom stereocenters. The summed E-state index contributed by atoms with van der Waals surface area (Å²) < 4.78 is 13.8. The third kappa shape index (κ3) is 4.32. The number of aromatic carboxylic acids is 1. The molecule has 9 heteroatoms. The summed E-state index contributed by atoms with van der Waals surface area (Å²) >= 11 is 11.8. The van der Waals surface area contributed by atoms with Gasteiger partial charge < -0.3 is 15.4 Å². The Morgan fingerprint density at radius 1 is 1.07 bits per heavy atom. The van der Waals surface area contributed by atoms with Gasteiger partial charge in [-0.1, -0.05) is 29.3 Å². The van der Waals surface area contributed by atoms with Crippen LogP contribution in [0.4, 0.5) is 4.39 Å². The van der Waals surface area contributed by atoms with Crippen molar-refractivity contribution in [3.05, 3.63) is 79.3 Å². The lowest BCUT2D eigenvalue weighted by Gasteiger charge is -2.10. The Bertz CT molecular complexity index is 1160. The molecule has 1 heterocycles. The molecule has 0 aliphatic heterocycles. The average molecular weight is 423 g/mol. The van der Waals surface area contributed by atoms with Crippen LogP contribution in [0.5, 0.6) is 0 Å². The molecule has 0 fully saturated rings. The van der Waals surface area contributed by atoms with Gasteiger partial charge in [-0.15, -0.1) is 0 Å². The van der Waals surface area contributed by atoms with Crippen LogP contribution in [0, 0.1) is 5.82 Å². The highest BCUT2D eigenvalue weighted by atomic mass is 35.5. The fraction of sp³-hybridized carbons (Fsp3) is 0.105. The SMILES string of the molecule is O=C(Cc1ccc(Cl)cc1F)NCc1cc(Cl)cc2cc(C(=O)O)c(=O)[nH]c12. The van der Waals surface area contributed by atoms with Crippen molar-refractivity contribution >= 4 is 46.0 Å². The maximum Gasteiger partial charge on any atom is 0.341 e. The van der Waals surface area contributed by atoms with Gasteiger partial charge in [-0.2, -0.15) is 0 Å². The fourth-order valence-electron chi connectivity index (χ4n) is 2.75. The smallest absolute Gasteiger partial charge is 0.341 e. The number of rotatable bonds is 5. The number of aromatic nitrogens is 1. The van der Waals surface area contributed by atoms with Gasteiger partial charge in [0.1, 0.15) is 11.4 Å². The van der Waals surface area contributed by atoms with E-state index in [1.165, 1.54) is 24.3 Å². The molecule has 0 atom stereocenters. The molecular weight excluding hydrogens is 410 g/mol. The quantitative estimate of drug-likeness (QED) is 0.585. The Balaban J connectivity index is 1.83. The van der Waals surface area contributed by atoms with Gasteiger partial charge in [-0.05, 0) is 41.5 Å². The number of hydrogen-bond donors (Lipinski definition) is 3. The largest absolute Gasteiger partial charge is 0.477 e. The number of benzene rings is 2. The van der Waals surface area contributed by atoms with Crippen LogP contribution < -0.4 is 10.9 Å². The molecule has 1 aromatic heterocycles. The van der Waals surface area contributed by atoms with Crippen molar-refractivity contribution in [3.8, 4) is 0 Å². The van der Waals surface area contributed by atoms with Crippen molar-refractivity contribution in [2.24, 2.45) is 0 Å². The number of amides is 1. The number of H-pyrrole nitrogens is 1. The van der Waals surface area contributed by atoms with Crippen LogP contribution in [-0.2, 0) is 17.8 Å². The highest BCUT2D eigenvalue weighted by Gasteiger charge is 2.14. The minimum absolute atomic E-state index is 0.00740. The van der Waals surface area contributed by atoms with Crippen LogP contribution in [-0.4, -0.2) is 22.0 Å². The van der Waals surface area contributed by atoms with Crippen molar-refractivity contribution in [3.63, 3.8) is 0 Å². The van der Waals surface area contributed by atoms with Crippen LogP contribution in [0.2, 0.25) is 10.0 Å². The molecule has 6 nitrogen and oxygen atoms in total. The molecule has 1 amide bonds. The Hall–Kier alpha value is -2.90. The van der Waals surface area contributed by atoms with E-state index in [-0.39, 0.29) is 23.6 Å². The Labute approximate surface area is 167 Å². The molecule has 0 saturated carbocycles. The predicted octanol–water partition coefficient (Wildman–Crippen LogP) is 3.53. The molecule has 2 aromatic carbocycles. The van der Waals surface area contributed by atoms with E-state index in [9.17, 15) is 18.8 Å². The molecule has 0 bridgehead atoms. The number of carboxylic acid groups (broad SMARTS) is 1. The van der Waals surface area contributed by atoms with E-state index in [0.717, 1.165) is 6.07 Å². The van der Waals surface area contributed by atoms with Gasteiger partial charge in [-0.3, -0.25) is 9.59 Å². The van der Waals surface area contributed by atoms with Gasteiger partial charge in [-0.25, -0.2) is 9.18 Å². The fourth-order valence-corrected chi connectivity index (χ4v) is 3.16. The molecule has 3 aromatic rings. The first kappa shape index (κ1) is 19.9. The summed E-state index contributed by atoms with van der Waals surface area (Å²) in [5.41, 5.74) is -0.141. The molecule has 144 valence electrons. The van der Waals surface area contributed by atoms with E-state index < -0.39 is 28.8 Å². The lowest BCUT2D eigenvalue weighted by Crippen LogP contribution is -2.25. The van der Waals surface area contributed by atoms with Gasteiger partial charge in [0.25, 0.3) is 5.56 Å². The number of hydrogen-bond acceptors (Lipinski definition) is 3. The maximum atomic E-state index is 13.8. The molecule has 0 radical (unpaired) electrons. The first-order valence-corrected chi connectivity index (χ1v) is 8.79. The second-order valence-corrected chi connectivity index (χ2v) is 6.91. The second-order valence-electron chi connectivity index (χ2n) is 6.04. The number of pyridine rings is 1. The normalized spacial score (nSPS) is 10.8. The lowest BCUT2D eigenvalue weighted by atomic mass is 10.1. The van der Waals surface area contributed by atoms with Crippen LogP contribution in [0.25, 0.3) is 10.9 Å². The molecule has 0 spiro atoms. The van der Waals surface area contributed by atoms with Crippen LogP contribution in [0.3, 0.4) is 0 Å². The number of halogens is 3. The molecule has 3 rings (SSSR count). The number of carbonyl (C=O) groups is 2. The highest BCUT2D eigenvalue weighted by molar-refractivity contribution is 6.31. The summed E-state index contributed by atoms with van der Waals surface area (Å²) in [7, 11) is 0. The van der Waals surface area contributed by atoms with E-state index in [2.05, 4.69) is 10.3 Å². The zero-order valence-electron chi connectivity index (χ0n) is 14.2. The van der Waals surface area contributed by atoms with Gasteiger partial charge >= 0.3 is 5.97 Å². The van der Waals surface area contributed by atoms with Gasteiger partial charge in [0.2, 0.25) is 5.91 Å².